The molecule has 0 aliphatic carbocycles. The zero-order valence-electron chi connectivity index (χ0n) is 22.1. The molecule has 1 aromatic heterocycles. The van der Waals surface area contributed by atoms with Crippen LogP contribution >= 0.6 is 0 Å². The Bertz CT molecular complexity index is 1460. The molecule has 2 aliphatic rings. The van der Waals surface area contributed by atoms with E-state index in [1.54, 1.807) is 0 Å². The molecule has 5 rings (SSSR count). The van der Waals surface area contributed by atoms with Crippen molar-refractivity contribution in [2.75, 3.05) is 13.2 Å². The van der Waals surface area contributed by atoms with E-state index in [-0.39, 0.29) is 34.2 Å². The van der Waals surface area contributed by atoms with E-state index < -0.39 is 85.8 Å². The van der Waals surface area contributed by atoms with Gasteiger partial charge in [0.15, 0.2) is 11.7 Å². The molecule has 43 heavy (non-hydrogen) atoms. The fraction of sp³-hybridized carbons (Fsp3) is 0.444. The summed E-state index contributed by atoms with van der Waals surface area (Å²) in [6.07, 6.45) is -16.3. The van der Waals surface area contributed by atoms with Crippen LogP contribution in [0.2, 0.25) is 0 Å². The van der Waals surface area contributed by atoms with E-state index >= 15 is 0 Å². The Morgan fingerprint density at radius 2 is 1.35 bits per heavy atom. The molecule has 3 heterocycles. The lowest BCUT2D eigenvalue weighted by Gasteiger charge is -2.42. The van der Waals surface area contributed by atoms with E-state index in [0.717, 1.165) is 12.1 Å². The molecule has 0 spiro atoms. The normalized spacial score (nSPS) is 32.9. The topological polar surface area (TPSA) is 258 Å². The highest BCUT2D eigenvalue weighted by Crippen LogP contribution is 2.34. The summed E-state index contributed by atoms with van der Waals surface area (Å²) in [6, 6.07) is 8.79. The third kappa shape index (κ3) is 6.38. The summed E-state index contributed by atoms with van der Waals surface area (Å²) in [4.78, 5) is 12.7. The van der Waals surface area contributed by atoms with Crippen molar-refractivity contribution in [2.24, 2.45) is 0 Å². The molecule has 2 aromatic carbocycles. The summed E-state index contributed by atoms with van der Waals surface area (Å²) in [5.41, 5.74) is -0.832. The average molecular weight is 611 g/mol. The summed E-state index contributed by atoms with van der Waals surface area (Å²) in [6.45, 7) is -1.28. The van der Waals surface area contributed by atoms with Gasteiger partial charge in [-0.05, 0) is 24.3 Å². The standard InChI is InChI=1S/C27H30O16/c28-8-16-20(32)22(34)24(36)26(42-16)38-9-17-21(33)23(35)25(37)27(43-17)40-12-5-13(30)19-14(31)7-18(41-15(19)6-12)39-11-3-1-10(29)2-4-11/h1-7,16-17,20-30,32-37H,8-9H2/t16-,17-,20-,21-,22+,23+,24-,25-,26-,27-/m1/s1. The number of rotatable bonds is 8. The molecule has 0 unspecified atom stereocenters. The molecule has 2 saturated heterocycles. The number of aliphatic hydroxyl groups excluding tert-OH is 7. The number of hydrogen-bond donors (Lipinski definition) is 9. The Balaban J connectivity index is 1.32. The van der Waals surface area contributed by atoms with Crippen LogP contribution in [0.25, 0.3) is 11.0 Å². The van der Waals surface area contributed by atoms with Gasteiger partial charge < -0.3 is 74.1 Å². The summed E-state index contributed by atoms with van der Waals surface area (Å²) in [5, 5.41) is 90.5. The molecule has 0 radical (unpaired) electrons. The van der Waals surface area contributed by atoms with Crippen LogP contribution in [-0.4, -0.2) is 121 Å². The van der Waals surface area contributed by atoms with Crippen LogP contribution in [0.3, 0.4) is 0 Å². The number of phenols is 2. The van der Waals surface area contributed by atoms with Gasteiger partial charge in [0, 0.05) is 12.1 Å². The molecular weight excluding hydrogens is 580 g/mol. The molecule has 16 heteroatoms. The summed E-state index contributed by atoms with van der Waals surface area (Å²) >= 11 is 0. The molecule has 16 nitrogen and oxygen atoms in total. The van der Waals surface area contributed by atoms with Gasteiger partial charge in [-0.1, -0.05) is 0 Å². The largest absolute Gasteiger partial charge is 0.508 e. The maximum absolute atomic E-state index is 12.7. The van der Waals surface area contributed by atoms with Crippen molar-refractivity contribution in [3.63, 3.8) is 0 Å². The Labute approximate surface area is 241 Å². The minimum absolute atomic E-state index is 0.00790. The highest BCUT2D eigenvalue weighted by atomic mass is 16.7. The smallest absolute Gasteiger partial charge is 0.294 e. The monoisotopic (exact) mass is 610 g/mol. The molecule has 0 amide bonds. The van der Waals surface area contributed by atoms with Crippen molar-refractivity contribution >= 4 is 11.0 Å². The van der Waals surface area contributed by atoms with E-state index in [4.69, 9.17) is 28.1 Å². The number of aliphatic hydroxyl groups is 7. The third-order valence-corrected chi connectivity index (χ3v) is 7.01. The highest BCUT2D eigenvalue weighted by Gasteiger charge is 2.48. The molecule has 0 bridgehead atoms. The Hall–Kier alpha value is -3.55. The SMILES string of the molecule is O=c1cc(Oc2ccc(O)cc2)oc2cc(O[C@@H]3O[C@H](CO[C@@H]4O[C@H](CO)[C@@H](O)[C@H](O)[C@H]4O)[C@@H](O)[C@H](O)[C@H]3O)cc(O)c12. The Morgan fingerprint density at radius 1 is 0.721 bits per heavy atom. The van der Waals surface area contributed by atoms with E-state index in [0.29, 0.717) is 0 Å². The number of phenolic OH excluding ortho intramolecular Hbond substituents is 2. The molecule has 10 atom stereocenters. The number of hydrogen-bond acceptors (Lipinski definition) is 16. The minimum Gasteiger partial charge on any atom is -0.508 e. The lowest BCUT2D eigenvalue weighted by molar-refractivity contribution is -0.323. The van der Waals surface area contributed by atoms with Crippen LogP contribution < -0.4 is 14.9 Å². The lowest BCUT2D eigenvalue weighted by atomic mass is 9.98. The first-order chi connectivity index (χ1) is 20.5. The molecule has 234 valence electrons. The van der Waals surface area contributed by atoms with Gasteiger partial charge in [0.2, 0.25) is 6.29 Å². The first-order valence-electron chi connectivity index (χ1n) is 13.0. The third-order valence-electron chi connectivity index (χ3n) is 7.01. The van der Waals surface area contributed by atoms with Crippen LogP contribution in [0.15, 0.2) is 51.7 Å². The second-order valence-corrected chi connectivity index (χ2v) is 10.0. The van der Waals surface area contributed by atoms with Crippen molar-refractivity contribution in [2.45, 2.75) is 61.4 Å². The number of fused-ring (bicyclic) bond motifs is 1. The van der Waals surface area contributed by atoms with Crippen molar-refractivity contribution in [3.8, 4) is 28.9 Å². The maximum Gasteiger partial charge on any atom is 0.294 e. The maximum atomic E-state index is 12.7. The van der Waals surface area contributed by atoms with Crippen LogP contribution in [0.1, 0.15) is 0 Å². The van der Waals surface area contributed by atoms with E-state index in [9.17, 15) is 50.8 Å². The van der Waals surface area contributed by atoms with Gasteiger partial charge in [-0.3, -0.25) is 4.79 Å². The summed E-state index contributed by atoms with van der Waals surface area (Å²) in [7, 11) is 0. The number of aromatic hydroxyl groups is 2. The molecule has 2 aliphatic heterocycles. The molecule has 9 N–H and O–H groups in total. The van der Waals surface area contributed by atoms with Crippen molar-refractivity contribution in [3.05, 3.63) is 52.7 Å². The van der Waals surface area contributed by atoms with Crippen molar-refractivity contribution < 1.29 is 74.1 Å². The summed E-state index contributed by atoms with van der Waals surface area (Å²) < 4.78 is 32.9. The van der Waals surface area contributed by atoms with Crippen LogP contribution in [0.4, 0.5) is 0 Å². The lowest BCUT2D eigenvalue weighted by Crippen LogP contribution is -2.62. The predicted octanol–water partition coefficient (Wildman–Crippen LogP) is -2.00. The minimum atomic E-state index is -1.82. The van der Waals surface area contributed by atoms with Gasteiger partial charge in [-0.25, -0.2) is 0 Å². The van der Waals surface area contributed by atoms with Crippen molar-refractivity contribution in [1.29, 1.82) is 0 Å². The number of benzene rings is 2. The van der Waals surface area contributed by atoms with Gasteiger partial charge in [-0.15, -0.1) is 0 Å². The number of ether oxygens (including phenoxy) is 5. The zero-order chi connectivity index (χ0) is 31.0. The van der Waals surface area contributed by atoms with E-state index in [2.05, 4.69) is 0 Å². The van der Waals surface area contributed by atoms with E-state index in [1.165, 1.54) is 30.3 Å². The zero-order valence-corrected chi connectivity index (χ0v) is 22.1. The Morgan fingerprint density at radius 3 is 2.02 bits per heavy atom. The predicted molar refractivity (Wildman–Crippen MR) is 139 cm³/mol. The second kappa shape index (κ2) is 12.6. The average Bonchev–Trinajstić information content (AvgIpc) is 2.97. The van der Waals surface area contributed by atoms with Crippen LogP contribution in [-0.2, 0) is 14.2 Å². The first-order valence-corrected chi connectivity index (χ1v) is 13.0. The molecule has 2 fully saturated rings. The van der Waals surface area contributed by atoms with Gasteiger partial charge >= 0.3 is 0 Å². The van der Waals surface area contributed by atoms with Gasteiger partial charge in [0.05, 0.1) is 19.3 Å². The molecule has 0 saturated carbocycles. The van der Waals surface area contributed by atoms with E-state index in [1.807, 2.05) is 0 Å². The van der Waals surface area contributed by atoms with Crippen molar-refractivity contribution in [1.82, 2.24) is 0 Å². The fourth-order valence-electron chi connectivity index (χ4n) is 4.65. The summed E-state index contributed by atoms with van der Waals surface area (Å²) in [5.74, 6) is -0.758. The molecule has 3 aromatic rings. The first kappa shape index (κ1) is 30.9. The van der Waals surface area contributed by atoms with Gasteiger partial charge in [0.25, 0.3) is 5.95 Å². The Kier molecular flexibility index (Phi) is 9.04. The quantitative estimate of drug-likeness (QED) is 0.134. The van der Waals surface area contributed by atoms with Gasteiger partial charge in [-0.2, -0.15) is 0 Å². The highest BCUT2D eigenvalue weighted by molar-refractivity contribution is 5.85. The second-order valence-electron chi connectivity index (χ2n) is 10.0. The fourth-order valence-corrected chi connectivity index (χ4v) is 4.65. The molecular formula is C27H30O16. The van der Waals surface area contributed by atoms with Crippen LogP contribution in [0, 0.1) is 0 Å². The van der Waals surface area contributed by atoms with Crippen LogP contribution in [0.5, 0.6) is 28.9 Å². The van der Waals surface area contributed by atoms with Gasteiger partial charge in [0.1, 0.15) is 82.8 Å².